The van der Waals surface area contributed by atoms with E-state index in [2.05, 4.69) is 15.4 Å². The van der Waals surface area contributed by atoms with Gasteiger partial charge in [-0.25, -0.2) is 8.42 Å². The van der Waals surface area contributed by atoms with Gasteiger partial charge in [0.05, 0.1) is 4.90 Å². The van der Waals surface area contributed by atoms with Crippen LogP contribution in [0.3, 0.4) is 0 Å². The van der Waals surface area contributed by atoms with Gasteiger partial charge in [0.2, 0.25) is 15.9 Å². The molecule has 7 heteroatoms. The molecular weight excluding hydrogens is 350 g/mol. The number of amides is 1. The van der Waals surface area contributed by atoms with Crippen LogP contribution in [0.25, 0.3) is 0 Å². The molecule has 1 aromatic carbocycles. The lowest BCUT2D eigenvalue weighted by molar-refractivity contribution is -0.123. The van der Waals surface area contributed by atoms with E-state index in [1.54, 1.807) is 24.3 Å². The summed E-state index contributed by atoms with van der Waals surface area (Å²) in [5.41, 5.74) is 0.988. The Hall–Kier alpha value is -1.44. The zero-order valence-corrected chi connectivity index (χ0v) is 16.7. The number of carbonyl (C=O) groups is 1. The van der Waals surface area contributed by atoms with Gasteiger partial charge in [-0.3, -0.25) is 4.79 Å². The second-order valence-corrected chi connectivity index (χ2v) is 9.29. The Morgan fingerprint density at radius 3 is 2.54 bits per heavy atom. The van der Waals surface area contributed by atoms with Crippen LogP contribution in [0.5, 0.6) is 0 Å². The van der Waals surface area contributed by atoms with Crippen LogP contribution in [-0.4, -0.2) is 40.0 Å². The third kappa shape index (κ3) is 6.37. The summed E-state index contributed by atoms with van der Waals surface area (Å²) < 4.78 is 27.9. The van der Waals surface area contributed by atoms with Crippen molar-refractivity contribution in [1.82, 2.24) is 15.4 Å². The van der Waals surface area contributed by atoms with Gasteiger partial charge in [-0.2, -0.15) is 4.72 Å². The molecule has 1 aromatic rings. The smallest absolute Gasteiger partial charge is 0.241 e. The van der Waals surface area contributed by atoms with Gasteiger partial charge >= 0.3 is 0 Å². The molecule has 1 amide bonds. The lowest BCUT2D eigenvalue weighted by Gasteiger charge is -2.25. The molecule has 1 heterocycles. The first kappa shape index (κ1) is 20.9. The lowest BCUT2D eigenvalue weighted by atomic mass is 9.99. The monoisotopic (exact) mass is 381 g/mol. The molecule has 2 unspecified atom stereocenters. The van der Waals surface area contributed by atoms with E-state index in [4.69, 9.17) is 0 Å². The first-order valence-corrected chi connectivity index (χ1v) is 10.8. The van der Waals surface area contributed by atoms with Gasteiger partial charge < -0.3 is 10.6 Å². The minimum Gasteiger partial charge on any atom is -0.354 e. The number of piperidine rings is 1. The predicted molar refractivity (Wildman–Crippen MR) is 103 cm³/mol. The van der Waals surface area contributed by atoms with E-state index < -0.39 is 16.1 Å². The number of aryl methyl sites for hydroxylation is 1. The van der Waals surface area contributed by atoms with E-state index in [-0.39, 0.29) is 16.7 Å². The van der Waals surface area contributed by atoms with E-state index in [1.807, 2.05) is 20.8 Å². The number of sulfonamides is 1. The maximum atomic E-state index is 12.6. The number of nitrogens with one attached hydrogen (secondary N) is 3. The molecular formula is C19H31N3O3S. The Balaban J connectivity index is 2.02. The van der Waals surface area contributed by atoms with Crippen LogP contribution >= 0.6 is 0 Å². The summed E-state index contributed by atoms with van der Waals surface area (Å²) in [6, 6.07) is 5.87. The molecule has 6 nitrogen and oxygen atoms in total. The first-order chi connectivity index (χ1) is 12.3. The second kappa shape index (κ2) is 9.48. The maximum Gasteiger partial charge on any atom is 0.241 e. The van der Waals surface area contributed by atoms with Crippen LogP contribution in [0.4, 0.5) is 0 Å². The van der Waals surface area contributed by atoms with Gasteiger partial charge in [0.1, 0.15) is 6.04 Å². The summed E-state index contributed by atoms with van der Waals surface area (Å²) in [5.74, 6) is 0.351. The molecule has 0 aliphatic carbocycles. The van der Waals surface area contributed by atoms with Crippen molar-refractivity contribution in [3.05, 3.63) is 29.8 Å². The molecule has 1 aliphatic heterocycles. The fraction of sp³-hybridized carbons (Fsp3) is 0.632. The van der Waals surface area contributed by atoms with Crippen LogP contribution in [-0.2, 0) is 14.8 Å². The normalized spacial score (nSPS) is 19.3. The van der Waals surface area contributed by atoms with Gasteiger partial charge in [0.15, 0.2) is 0 Å². The largest absolute Gasteiger partial charge is 0.354 e. The van der Waals surface area contributed by atoms with E-state index in [1.165, 1.54) is 0 Å². The van der Waals surface area contributed by atoms with Gasteiger partial charge in [0.25, 0.3) is 0 Å². The number of benzene rings is 1. The van der Waals surface area contributed by atoms with Crippen molar-refractivity contribution in [3.8, 4) is 0 Å². The molecule has 1 saturated heterocycles. The number of hydrogen-bond acceptors (Lipinski definition) is 4. The average Bonchev–Trinajstić information content (AvgIpc) is 2.60. The highest BCUT2D eigenvalue weighted by Gasteiger charge is 2.27. The Labute approximate surface area is 157 Å². The van der Waals surface area contributed by atoms with Crippen molar-refractivity contribution in [3.63, 3.8) is 0 Å². The van der Waals surface area contributed by atoms with Gasteiger partial charge in [-0.1, -0.05) is 31.5 Å². The Kier molecular flexibility index (Phi) is 7.61. The van der Waals surface area contributed by atoms with Crippen LogP contribution in [0.15, 0.2) is 29.2 Å². The highest BCUT2D eigenvalue weighted by molar-refractivity contribution is 7.89. The van der Waals surface area contributed by atoms with Crippen molar-refractivity contribution in [2.24, 2.45) is 11.8 Å². The summed E-state index contributed by atoms with van der Waals surface area (Å²) >= 11 is 0. The van der Waals surface area contributed by atoms with Gasteiger partial charge in [-0.05, 0) is 63.2 Å². The van der Waals surface area contributed by atoms with Crippen LogP contribution in [0.1, 0.15) is 38.7 Å². The molecule has 3 N–H and O–H groups in total. The fourth-order valence-corrected chi connectivity index (χ4v) is 4.33. The highest BCUT2D eigenvalue weighted by atomic mass is 32.2. The molecule has 0 spiro atoms. The van der Waals surface area contributed by atoms with Crippen LogP contribution < -0.4 is 15.4 Å². The molecule has 0 radical (unpaired) electrons. The van der Waals surface area contributed by atoms with Crippen molar-refractivity contribution in [1.29, 1.82) is 0 Å². The van der Waals surface area contributed by atoms with Crippen molar-refractivity contribution < 1.29 is 13.2 Å². The summed E-state index contributed by atoms with van der Waals surface area (Å²) in [5, 5.41) is 6.26. The van der Waals surface area contributed by atoms with Gasteiger partial charge in [-0.15, -0.1) is 0 Å². The molecule has 26 heavy (non-hydrogen) atoms. The maximum absolute atomic E-state index is 12.6. The van der Waals surface area contributed by atoms with Crippen molar-refractivity contribution in [2.75, 3.05) is 19.6 Å². The van der Waals surface area contributed by atoms with Crippen molar-refractivity contribution >= 4 is 15.9 Å². The van der Waals surface area contributed by atoms with Crippen LogP contribution in [0.2, 0.25) is 0 Å². The fourth-order valence-electron chi connectivity index (χ4n) is 3.12. The minimum absolute atomic E-state index is 0.182. The third-order valence-electron chi connectivity index (χ3n) is 4.62. The van der Waals surface area contributed by atoms with E-state index in [0.29, 0.717) is 18.9 Å². The second-order valence-electron chi connectivity index (χ2n) is 7.57. The minimum atomic E-state index is -3.73. The average molecular weight is 382 g/mol. The lowest BCUT2D eigenvalue weighted by Crippen LogP contribution is -2.49. The quantitative estimate of drug-likeness (QED) is 0.641. The molecule has 2 rings (SSSR count). The number of rotatable bonds is 8. The zero-order valence-electron chi connectivity index (χ0n) is 15.9. The molecule has 1 aliphatic rings. The SMILES string of the molecule is Cc1ccc(S(=O)(=O)NC(CC(C)C)C(=O)NCC2CCCNC2)cc1. The summed E-state index contributed by atoms with van der Waals surface area (Å²) in [4.78, 5) is 12.8. The molecule has 0 saturated carbocycles. The van der Waals surface area contributed by atoms with E-state index in [9.17, 15) is 13.2 Å². The number of carbonyl (C=O) groups excluding carboxylic acids is 1. The summed E-state index contributed by atoms with van der Waals surface area (Å²) in [6.07, 6.45) is 2.65. The zero-order chi connectivity index (χ0) is 19.2. The summed E-state index contributed by atoms with van der Waals surface area (Å²) in [7, 11) is -3.73. The number of hydrogen-bond donors (Lipinski definition) is 3. The Morgan fingerprint density at radius 2 is 1.96 bits per heavy atom. The molecule has 0 aromatic heterocycles. The van der Waals surface area contributed by atoms with E-state index in [0.717, 1.165) is 31.5 Å². The third-order valence-corrected chi connectivity index (χ3v) is 6.10. The van der Waals surface area contributed by atoms with Crippen molar-refractivity contribution in [2.45, 2.75) is 51.0 Å². The Morgan fingerprint density at radius 1 is 1.27 bits per heavy atom. The molecule has 1 fully saturated rings. The molecule has 0 bridgehead atoms. The van der Waals surface area contributed by atoms with E-state index >= 15 is 0 Å². The molecule has 2 atom stereocenters. The van der Waals surface area contributed by atoms with Crippen LogP contribution in [0, 0.1) is 18.8 Å². The molecule has 146 valence electrons. The first-order valence-electron chi connectivity index (χ1n) is 9.35. The van der Waals surface area contributed by atoms with Gasteiger partial charge in [0, 0.05) is 6.54 Å². The highest BCUT2D eigenvalue weighted by Crippen LogP contribution is 2.14. The predicted octanol–water partition coefficient (Wildman–Crippen LogP) is 1.80. The topological polar surface area (TPSA) is 87.3 Å². The Bertz CT molecular complexity index is 680. The summed E-state index contributed by atoms with van der Waals surface area (Å²) in [6.45, 7) is 8.35. The standard InChI is InChI=1S/C19H31N3O3S/c1-14(2)11-18(19(23)21-13-16-5-4-10-20-12-16)22-26(24,25)17-8-6-15(3)7-9-17/h6-9,14,16,18,20,22H,4-5,10-13H2,1-3H3,(H,21,23).